The molecular weight excluding hydrogens is 218 g/mol. The number of nitrogens with one attached hydrogen (secondary N) is 1. The van der Waals surface area contributed by atoms with Crippen LogP contribution in [0.4, 0.5) is 0 Å². The van der Waals surface area contributed by atoms with E-state index in [2.05, 4.69) is 10.3 Å². The van der Waals surface area contributed by atoms with Gasteiger partial charge in [-0.05, 0) is 25.1 Å². The summed E-state index contributed by atoms with van der Waals surface area (Å²) in [5.74, 6) is 0.187. The van der Waals surface area contributed by atoms with Crippen LogP contribution in [-0.4, -0.2) is 33.6 Å². The van der Waals surface area contributed by atoms with Crippen molar-refractivity contribution in [1.29, 1.82) is 0 Å². The van der Waals surface area contributed by atoms with Gasteiger partial charge in [-0.15, -0.1) is 0 Å². The Morgan fingerprint density at radius 1 is 1.53 bits per heavy atom. The van der Waals surface area contributed by atoms with E-state index in [0.29, 0.717) is 11.4 Å². The van der Waals surface area contributed by atoms with Crippen LogP contribution in [0.1, 0.15) is 28.7 Å². The van der Waals surface area contributed by atoms with E-state index in [1.54, 1.807) is 6.07 Å². The molecule has 3 heterocycles. The maximum atomic E-state index is 11.2. The van der Waals surface area contributed by atoms with E-state index in [1.807, 2.05) is 22.7 Å². The van der Waals surface area contributed by atoms with Crippen LogP contribution in [0, 0.1) is 0 Å². The monoisotopic (exact) mass is 231 g/mol. The Hall–Kier alpha value is -1.88. The van der Waals surface area contributed by atoms with Crippen molar-refractivity contribution in [2.75, 3.05) is 13.1 Å². The number of hydrogen-bond donors (Lipinski definition) is 2. The van der Waals surface area contributed by atoms with Gasteiger partial charge in [0.05, 0.1) is 5.52 Å². The van der Waals surface area contributed by atoms with Gasteiger partial charge in [0, 0.05) is 18.7 Å². The van der Waals surface area contributed by atoms with E-state index in [-0.39, 0.29) is 5.69 Å². The number of pyridine rings is 1. The molecule has 2 N–H and O–H groups in total. The molecule has 0 unspecified atom stereocenters. The fourth-order valence-corrected chi connectivity index (χ4v) is 2.38. The minimum atomic E-state index is -0.967. The molecule has 1 aliphatic rings. The van der Waals surface area contributed by atoms with Crippen LogP contribution < -0.4 is 5.32 Å². The zero-order chi connectivity index (χ0) is 11.8. The van der Waals surface area contributed by atoms with Crippen molar-refractivity contribution < 1.29 is 9.90 Å². The van der Waals surface area contributed by atoms with Crippen molar-refractivity contribution in [3.63, 3.8) is 0 Å². The van der Waals surface area contributed by atoms with Crippen molar-refractivity contribution in [2.24, 2.45) is 0 Å². The van der Waals surface area contributed by atoms with Crippen molar-refractivity contribution in [3.8, 4) is 0 Å². The van der Waals surface area contributed by atoms with Gasteiger partial charge >= 0.3 is 5.97 Å². The van der Waals surface area contributed by atoms with Crippen molar-refractivity contribution in [1.82, 2.24) is 14.7 Å². The standard InChI is InChI=1S/C12H13N3O2/c16-12(17)10-9-3-1-2-6-15(9)11(14-10)8-4-5-13-7-8/h1-3,6,8,13H,4-5,7H2,(H,16,17)/t8-/m1/s1. The average molecular weight is 231 g/mol. The molecule has 1 saturated heterocycles. The zero-order valence-electron chi connectivity index (χ0n) is 9.26. The lowest BCUT2D eigenvalue weighted by atomic mass is 10.1. The first-order chi connectivity index (χ1) is 8.27. The molecule has 0 aromatic carbocycles. The number of carboxylic acid groups (broad SMARTS) is 1. The lowest BCUT2D eigenvalue weighted by molar-refractivity contribution is 0.0693. The molecule has 2 aromatic heterocycles. The first-order valence-electron chi connectivity index (χ1n) is 5.68. The summed E-state index contributed by atoms with van der Waals surface area (Å²) in [6.45, 7) is 1.84. The molecule has 0 bridgehead atoms. The summed E-state index contributed by atoms with van der Waals surface area (Å²) in [5, 5.41) is 12.4. The predicted molar refractivity (Wildman–Crippen MR) is 62.4 cm³/mol. The lowest BCUT2D eigenvalue weighted by Crippen LogP contribution is -2.10. The van der Waals surface area contributed by atoms with E-state index in [0.717, 1.165) is 25.3 Å². The van der Waals surface area contributed by atoms with Crippen LogP contribution in [0.25, 0.3) is 5.52 Å². The fourth-order valence-electron chi connectivity index (χ4n) is 2.38. The van der Waals surface area contributed by atoms with Gasteiger partial charge in [0.15, 0.2) is 5.69 Å². The van der Waals surface area contributed by atoms with E-state index >= 15 is 0 Å². The summed E-state index contributed by atoms with van der Waals surface area (Å²) in [4.78, 5) is 15.4. The number of rotatable bonds is 2. The SMILES string of the molecule is O=C(O)c1nc([C@@H]2CCNC2)n2ccccc12. The molecule has 2 aromatic rings. The van der Waals surface area contributed by atoms with E-state index in [9.17, 15) is 4.79 Å². The van der Waals surface area contributed by atoms with Crippen LogP contribution >= 0.6 is 0 Å². The maximum Gasteiger partial charge on any atom is 0.356 e. The van der Waals surface area contributed by atoms with Gasteiger partial charge in [-0.3, -0.25) is 0 Å². The molecular formula is C12H13N3O2. The summed E-state index contributed by atoms with van der Waals surface area (Å²) >= 11 is 0. The van der Waals surface area contributed by atoms with Gasteiger partial charge in [0.2, 0.25) is 0 Å². The second kappa shape index (κ2) is 3.85. The third-order valence-corrected chi connectivity index (χ3v) is 3.20. The van der Waals surface area contributed by atoms with E-state index in [4.69, 9.17) is 5.11 Å². The number of aromatic carboxylic acids is 1. The second-order valence-electron chi connectivity index (χ2n) is 4.27. The van der Waals surface area contributed by atoms with Gasteiger partial charge in [0.25, 0.3) is 0 Å². The number of carboxylic acids is 1. The van der Waals surface area contributed by atoms with Crippen LogP contribution in [0.2, 0.25) is 0 Å². The summed E-state index contributed by atoms with van der Waals surface area (Å²) in [7, 11) is 0. The molecule has 0 radical (unpaired) electrons. The fraction of sp³-hybridized carbons (Fsp3) is 0.333. The molecule has 0 spiro atoms. The molecule has 1 aliphatic heterocycles. The Morgan fingerprint density at radius 3 is 3.12 bits per heavy atom. The van der Waals surface area contributed by atoms with E-state index < -0.39 is 5.97 Å². The molecule has 5 nitrogen and oxygen atoms in total. The van der Waals surface area contributed by atoms with Gasteiger partial charge < -0.3 is 14.8 Å². The number of imidazole rings is 1. The summed E-state index contributed by atoms with van der Waals surface area (Å²) in [6.07, 6.45) is 2.88. The molecule has 0 amide bonds. The normalized spacial score (nSPS) is 19.9. The Kier molecular flexibility index (Phi) is 2.33. The molecule has 1 atom stereocenters. The highest BCUT2D eigenvalue weighted by molar-refractivity contribution is 5.93. The second-order valence-corrected chi connectivity index (χ2v) is 4.27. The quantitative estimate of drug-likeness (QED) is 0.812. The Bertz CT molecular complexity index is 570. The number of hydrogen-bond acceptors (Lipinski definition) is 3. The molecule has 0 saturated carbocycles. The Balaban J connectivity index is 2.20. The minimum absolute atomic E-state index is 0.146. The maximum absolute atomic E-state index is 11.2. The molecule has 1 fully saturated rings. The first kappa shape index (κ1) is 10.3. The van der Waals surface area contributed by atoms with Crippen molar-refractivity contribution >= 4 is 11.5 Å². The largest absolute Gasteiger partial charge is 0.476 e. The smallest absolute Gasteiger partial charge is 0.356 e. The van der Waals surface area contributed by atoms with Gasteiger partial charge in [-0.2, -0.15) is 0 Å². The van der Waals surface area contributed by atoms with Crippen LogP contribution in [0.15, 0.2) is 24.4 Å². The van der Waals surface area contributed by atoms with Crippen LogP contribution in [0.3, 0.4) is 0 Å². The molecule has 0 aliphatic carbocycles. The third kappa shape index (κ3) is 1.59. The predicted octanol–water partition coefficient (Wildman–Crippen LogP) is 1.11. The molecule has 17 heavy (non-hydrogen) atoms. The minimum Gasteiger partial charge on any atom is -0.476 e. The average Bonchev–Trinajstić information content (AvgIpc) is 2.95. The number of nitrogens with zero attached hydrogens (tertiary/aromatic N) is 2. The van der Waals surface area contributed by atoms with Crippen molar-refractivity contribution in [2.45, 2.75) is 12.3 Å². The Morgan fingerprint density at radius 2 is 2.41 bits per heavy atom. The van der Waals surface area contributed by atoms with Gasteiger partial charge in [0.1, 0.15) is 5.82 Å². The van der Waals surface area contributed by atoms with E-state index in [1.165, 1.54) is 0 Å². The molecule has 3 rings (SSSR count). The third-order valence-electron chi connectivity index (χ3n) is 3.20. The number of fused-ring (bicyclic) bond motifs is 1. The summed E-state index contributed by atoms with van der Waals surface area (Å²) < 4.78 is 1.89. The lowest BCUT2D eigenvalue weighted by Gasteiger charge is -2.06. The first-order valence-corrected chi connectivity index (χ1v) is 5.68. The van der Waals surface area contributed by atoms with Crippen LogP contribution in [-0.2, 0) is 0 Å². The highest BCUT2D eigenvalue weighted by Crippen LogP contribution is 2.24. The highest BCUT2D eigenvalue weighted by Gasteiger charge is 2.24. The van der Waals surface area contributed by atoms with Gasteiger partial charge in [-0.25, -0.2) is 9.78 Å². The number of carbonyl (C=O) groups is 1. The molecule has 5 heteroatoms. The van der Waals surface area contributed by atoms with Crippen LogP contribution in [0.5, 0.6) is 0 Å². The Labute approximate surface area is 98.1 Å². The van der Waals surface area contributed by atoms with Crippen molar-refractivity contribution in [3.05, 3.63) is 35.9 Å². The highest BCUT2D eigenvalue weighted by atomic mass is 16.4. The summed E-state index contributed by atoms with van der Waals surface area (Å²) in [5.41, 5.74) is 0.814. The topological polar surface area (TPSA) is 66.6 Å². The zero-order valence-corrected chi connectivity index (χ0v) is 9.26. The molecule has 88 valence electrons. The number of aromatic nitrogens is 2. The van der Waals surface area contributed by atoms with Gasteiger partial charge in [-0.1, -0.05) is 6.07 Å². The summed E-state index contributed by atoms with van der Waals surface area (Å²) in [6, 6.07) is 5.52.